The van der Waals surface area contributed by atoms with Gasteiger partial charge < -0.3 is 19.6 Å². The van der Waals surface area contributed by atoms with E-state index in [9.17, 15) is 9.59 Å². The SMILES string of the molecule is Cc1nc(-c2ccc(C)c(N(CC(=O)NCCCC(C)C)CC(=O)N(C)C3Cc4ccc(Cl)cc4C3)c2)no1. The second-order valence-electron chi connectivity index (χ2n) is 10.9. The van der Waals surface area contributed by atoms with Crippen molar-refractivity contribution in [1.29, 1.82) is 0 Å². The molecule has 4 rings (SSSR count). The molecule has 1 heterocycles. The minimum absolute atomic E-state index is 0.0485. The summed E-state index contributed by atoms with van der Waals surface area (Å²) in [5.74, 6) is 1.37. The molecule has 1 unspecified atom stereocenters. The van der Waals surface area contributed by atoms with E-state index in [1.54, 1.807) is 6.92 Å². The van der Waals surface area contributed by atoms with Gasteiger partial charge in [-0.25, -0.2) is 0 Å². The van der Waals surface area contributed by atoms with E-state index in [0.29, 0.717) is 29.2 Å². The molecule has 0 spiro atoms. The number of aromatic nitrogens is 2. The molecule has 8 nitrogen and oxygen atoms in total. The maximum absolute atomic E-state index is 13.6. The zero-order valence-corrected chi connectivity index (χ0v) is 24.2. The molecule has 2 amide bonds. The van der Waals surface area contributed by atoms with Crippen molar-refractivity contribution in [3.8, 4) is 11.4 Å². The van der Waals surface area contributed by atoms with E-state index in [1.807, 2.05) is 60.2 Å². The Morgan fingerprint density at radius 2 is 1.87 bits per heavy atom. The van der Waals surface area contributed by atoms with Crippen LogP contribution >= 0.6 is 11.6 Å². The molecule has 0 radical (unpaired) electrons. The van der Waals surface area contributed by atoms with Gasteiger partial charge in [0.1, 0.15) is 0 Å². The van der Waals surface area contributed by atoms with Crippen LogP contribution in [-0.4, -0.2) is 59.6 Å². The standard InChI is InChI=1S/C30H38ClN5O3/c1-19(2)7-6-12-32-28(37)17-36(27-16-23(9-8-20(27)3)30-33-21(4)39-34-30)18-29(38)35(5)26-14-22-10-11-25(31)13-24(22)15-26/h8-11,13,16,19,26H,6-7,12,14-15,17-18H2,1-5H3,(H,32,37). The summed E-state index contributed by atoms with van der Waals surface area (Å²) in [4.78, 5) is 34.6. The van der Waals surface area contributed by atoms with E-state index >= 15 is 0 Å². The molecule has 1 atom stereocenters. The summed E-state index contributed by atoms with van der Waals surface area (Å²) < 4.78 is 5.16. The largest absolute Gasteiger partial charge is 0.355 e. The zero-order valence-electron chi connectivity index (χ0n) is 23.5. The molecule has 1 aromatic heterocycles. The van der Waals surface area contributed by atoms with Gasteiger partial charge in [0.15, 0.2) is 0 Å². The molecule has 0 bridgehead atoms. The average molecular weight is 552 g/mol. The van der Waals surface area contributed by atoms with E-state index in [1.165, 1.54) is 11.1 Å². The topological polar surface area (TPSA) is 91.6 Å². The Hall–Kier alpha value is -3.39. The van der Waals surface area contributed by atoms with Crippen LogP contribution in [0.25, 0.3) is 11.4 Å². The Bertz CT molecular complexity index is 1320. The van der Waals surface area contributed by atoms with Crippen molar-refractivity contribution in [2.24, 2.45) is 5.92 Å². The highest BCUT2D eigenvalue weighted by Gasteiger charge is 2.29. The lowest BCUT2D eigenvalue weighted by Gasteiger charge is -2.30. The number of hydrogen-bond donors (Lipinski definition) is 1. The van der Waals surface area contributed by atoms with Gasteiger partial charge in [0, 0.05) is 42.8 Å². The molecule has 0 saturated carbocycles. The summed E-state index contributed by atoms with van der Waals surface area (Å²) in [7, 11) is 1.84. The highest BCUT2D eigenvalue weighted by Crippen LogP contribution is 2.29. The first-order valence-electron chi connectivity index (χ1n) is 13.6. The number of amides is 2. The molecule has 3 aromatic rings. The minimum Gasteiger partial charge on any atom is -0.355 e. The van der Waals surface area contributed by atoms with E-state index in [4.69, 9.17) is 16.1 Å². The lowest BCUT2D eigenvalue weighted by Crippen LogP contribution is -2.47. The first-order chi connectivity index (χ1) is 18.6. The second-order valence-corrected chi connectivity index (χ2v) is 11.3. The van der Waals surface area contributed by atoms with Crippen LogP contribution in [0.3, 0.4) is 0 Å². The number of nitrogens with one attached hydrogen (secondary N) is 1. The molecule has 1 N–H and O–H groups in total. The van der Waals surface area contributed by atoms with Gasteiger partial charge in [-0.2, -0.15) is 4.98 Å². The maximum Gasteiger partial charge on any atom is 0.242 e. The van der Waals surface area contributed by atoms with Gasteiger partial charge in [-0.1, -0.05) is 48.8 Å². The number of fused-ring (bicyclic) bond motifs is 1. The molecule has 1 aliphatic rings. The third-order valence-corrected chi connectivity index (χ3v) is 7.53. The minimum atomic E-state index is -0.114. The van der Waals surface area contributed by atoms with Gasteiger partial charge in [-0.15, -0.1) is 0 Å². The molecule has 9 heteroatoms. The lowest BCUT2D eigenvalue weighted by molar-refractivity contribution is -0.130. The van der Waals surface area contributed by atoms with Crippen LogP contribution in [0.15, 0.2) is 40.9 Å². The first kappa shape index (κ1) is 28.6. The van der Waals surface area contributed by atoms with Gasteiger partial charge in [0.2, 0.25) is 23.5 Å². The fraction of sp³-hybridized carbons (Fsp3) is 0.467. The van der Waals surface area contributed by atoms with E-state index in [2.05, 4.69) is 29.3 Å². The molecule has 208 valence electrons. The third-order valence-electron chi connectivity index (χ3n) is 7.30. The number of anilines is 1. The van der Waals surface area contributed by atoms with Gasteiger partial charge in [-0.05, 0) is 73.4 Å². The average Bonchev–Trinajstić information content (AvgIpc) is 3.51. The Balaban J connectivity index is 1.52. The molecular formula is C30H38ClN5O3. The van der Waals surface area contributed by atoms with Crippen LogP contribution in [0.4, 0.5) is 5.69 Å². The van der Waals surface area contributed by atoms with Crippen LogP contribution in [0.1, 0.15) is 49.3 Å². The van der Waals surface area contributed by atoms with Crippen molar-refractivity contribution in [3.63, 3.8) is 0 Å². The third kappa shape index (κ3) is 7.38. The summed E-state index contributed by atoms with van der Waals surface area (Å²) in [6.07, 6.45) is 3.52. The maximum atomic E-state index is 13.6. The van der Waals surface area contributed by atoms with E-state index < -0.39 is 0 Å². The molecule has 2 aromatic carbocycles. The fourth-order valence-corrected chi connectivity index (χ4v) is 5.21. The van der Waals surface area contributed by atoms with Crippen molar-refractivity contribution < 1.29 is 14.1 Å². The predicted octanol–water partition coefficient (Wildman–Crippen LogP) is 4.99. The Morgan fingerprint density at radius 1 is 1.10 bits per heavy atom. The van der Waals surface area contributed by atoms with Crippen LogP contribution in [0, 0.1) is 19.8 Å². The van der Waals surface area contributed by atoms with Crippen LogP contribution in [0.2, 0.25) is 5.02 Å². The molecule has 0 aliphatic heterocycles. The number of rotatable bonds is 11. The van der Waals surface area contributed by atoms with Gasteiger partial charge in [0.25, 0.3) is 0 Å². The Labute approximate surface area is 235 Å². The highest BCUT2D eigenvalue weighted by molar-refractivity contribution is 6.30. The summed E-state index contributed by atoms with van der Waals surface area (Å²) >= 11 is 6.19. The summed E-state index contributed by atoms with van der Waals surface area (Å²) in [5, 5.41) is 7.77. The van der Waals surface area contributed by atoms with Gasteiger partial charge >= 0.3 is 0 Å². The number of halogens is 1. The molecule has 0 fully saturated rings. The van der Waals surface area contributed by atoms with Gasteiger partial charge in [0.05, 0.1) is 13.1 Å². The molecular weight excluding hydrogens is 514 g/mol. The number of nitrogens with zero attached hydrogens (tertiary/aromatic N) is 4. The quantitative estimate of drug-likeness (QED) is 0.337. The van der Waals surface area contributed by atoms with E-state index in [-0.39, 0.29) is 30.9 Å². The number of benzene rings is 2. The molecule has 39 heavy (non-hydrogen) atoms. The van der Waals surface area contributed by atoms with E-state index in [0.717, 1.165) is 42.5 Å². The summed E-state index contributed by atoms with van der Waals surface area (Å²) in [6.45, 7) is 8.80. The first-order valence-corrected chi connectivity index (χ1v) is 13.9. The van der Waals surface area contributed by atoms with Gasteiger partial charge in [-0.3, -0.25) is 9.59 Å². The number of aryl methyl sites for hydroxylation is 2. The van der Waals surface area contributed by atoms with Crippen LogP contribution in [-0.2, 0) is 22.4 Å². The van der Waals surface area contributed by atoms with Crippen molar-refractivity contribution in [1.82, 2.24) is 20.4 Å². The second kappa shape index (κ2) is 12.6. The number of likely N-dealkylation sites (N-methyl/N-ethyl adjacent to an activating group) is 1. The Kier molecular flexibility index (Phi) is 9.28. The Morgan fingerprint density at radius 3 is 2.59 bits per heavy atom. The molecule has 0 saturated heterocycles. The van der Waals surface area contributed by atoms with Crippen molar-refractivity contribution in [3.05, 3.63) is 64.0 Å². The monoisotopic (exact) mass is 551 g/mol. The number of carbonyl (C=O) groups is 2. The number of carbonyl (C=O) groups excluding carboxylic acids is 2. The normalized spacial score (nSPS) is 14.4. The smallest absolute Gasteiger partial charge is 0.242 e. The predicted molar refractivity (Wildman–Crippen MR) is 154 cm³/mol. The van der Waals surface area contributed by atoms with Crippen molar-refractivity contribution in [2.45, 2.75) is 59.4 Å². The summed E-state index contributed by atoms with van der Waals surface area (Å²) in [6, 6.07) is 11.8. The van der Waals surface area contributed by atoms with Crippen LogP contribution < -0.4 is 10.2 Å². The zero-order chi connectivity index (χ0) is 28.1. The summed E-state index contributed by atoms with van der Waals surface area (Å²) in [5.41, 5.74) is 4.91. The van der Waals surface area contributed by atoms with Crippen LogP contribution in [0.5, 0.6) is 0 Å². The van der Waals surface area contributed by atoms with Crippen molar-refractivity contribution >= 4 is 29.1 Å². The fourth-order valence-electron chi connectivity index (χ4n) is 5.02. The molecule has 1 aliphatic carbocycles. The lowest BCUT2D eigenvalue weighted by atomic mass is 10.1. The highest BCUT2D eigenvalue weighted by atomic mass is 35.5. The number of hydrogen-bond acceptors (Lipinski definition) is 6. The van der Waals surface area contributed by atoms with Crippen molar-refractivity contribution in [2.75, 3.05) is 31.6 Å².